The maximum absolute atomic E-state index is 12.0. The molecular formula is C18H21NO. The largest absolute Gasteiger partial charge is 0.347 e. The molecule has 2 heteroatoms. The van der Waals surface area contributed by atoms with Crippen LogP contribution in [-0.4, -0.2) is 11.4 Å². The monoisotopic (exact) mass is 267 g/mol. The third-order valence-corrected chi connectivity index (χ3v) is 3.02. The molecule has 0 atom stereocenters. The number of carbonyl (C=O) groups excluding carboxylic acids is 1. The van der Waals surface area contributed by atoms with Gasteiger partial charge in [0.15, 0.2) is 0 Å². The molecule has 0 heterocycles. The first-order valence-corrected chi connectivity index (χ1v) is 6.85. The van der Waals surface area contributed by atoms with Crippen LogP contribution in [0.5, 0.6) is 0 Å². The smallest absolute Gasteiger partial charge is 0.251 e. The highest BCUT2D eigenvalue weighted by molar-refractivity contribution is 5.95. The van der Waals surface area contributed by atoms with Gasteiger partial charge < -0.3 is 5.32 Å². The van der Waals surface area contributed by atoms with Crippen LogP contribution in [-0.2, 0) is 0 Å². The van der Waals surface area contributed by atoms with Crippen LogP contribution >= 0.6 is 0 Å². The molecule has 0 aliphatic heterocycles. The lowest BCUT2D eigenvalue weighted by atomic mass is 10.0. The van der Waals surface area contributed by atoms with Crippen molar-refractivity contribution in [2.75, 3.05) is 0 Å². The van der Waals surface area contributed by atoms with Crippen LogP contribution < -0.4 is 5.32 Å². The molecule has 104 valence electrons. The van der Waals surface area contributed by atoms with Gasteiger partial charge in [-0.05, 0) is 51.0 Å². The highest BCUT2D eigenvalue weighted by atomic mass is 16.1. The second-order valence-corrected chi connectivity index (χ2v) is 6.15. The molecule has 0 saturated carbocycles. The zero-order chi connectivity index (χ0) is 14.8. The van der Waals surface area contributed by atoms with Gasteiger partial charge in [0, 0.05) is 11.1 Å². The number of hydrogen-bond donors (Lipinski definition) is 1. The number of rotatable bonds is 2. The lowest BCUT2D eigenvalue weighted by Crippen LogP contribution is -2.40. The summed E-state index contributed by atoms with van der Waals surface area (Å²) in [7, 11) is 0. The van der Waals surface area contributed by atoms with E-state index in [9.17, 15) is 4.79 Å². The number of hydrogen-bond acceptors (Lipinski definition) is 1. The summed E-state index contributed by atoms with van der Waals surface area (Å²) in [4.78, 5) is 12.0. The van der Waals surface area contributed by atoms with Crippen molar-refractivity contribution in [3.05, 3.63) is 59.7 Å². The van der Waals surface area contributed by atoms with E-state index in [0.29, 0.717) is 5.56 Å². The molecule has 0 saturated heterocycles. The number of benzene rings is 2. The third-order valence-electron chi connectivity index (χ3n) is 3.02. The van der Waals surface area contributed by atoms with E-state index in [1.807, 2.05) is 45.0 Å². The molecule has 0 aromatic heterocycles. The van der Waals surface area contributed by atoms with E-state index < -0.39 is 0 Å². The first kappa shape index (κ1) is 14.3. The summed E-state index contributed by atoms with van der Waals surface area (Å²) >= 11 is 0. The molecule has 1 N–H and O–H groups in total. The predicted molar refractivity (Wildman–Crippen MR) is 83.8 cm³/mol. The number of carbonyl (C=O) groups is 1. The van der Waals surface area contributed by atoms with Gasteiger partial charge in [-0.25, -0.2) is 0 Å². The SMILES string of the molecule is Cc1ccc(-c2ccc(C(=O)NC(C)(C)C)cc2)cc1. The van der Waals surface area contributed by atoms with Crippen molar-refractivity contribution in [1.29, 1.82) is 0 Å². The zero-order valence-corrected chi connectivity index (χ0v) is 12.5. The summed E-state index contributed by atoms with van der Waals surface area (Å²) in [5, 5.41) is 2.96. The summed E-state index contributed by atoms with van der Waals surface area (Å²) in [6, 6.07) is 16.1. The maximum atomic E-state index is 12.0. The minimum Gasteiger partial charge on any atom is -0.347 e. The molecule has 0 radical (unpaired) electrons. The predicted octanol–water partition coefficient (Wildman–Crippen LogP) is 4.19. The lowest BCUT2D eigenvalue weighted by Gasteiger charge is -2.20. The Morgan fingerprint density at radius 2 is 1.30 bits per heavy atom. The standard InChI is InChI=1S/C18H21NO/c1-13-5-7-14(8-6-13)15-9-11-16(12-10-15)17(20)19-18(2,3)4/h5-12H,1-4H3,(H,19,20). The van der Waals surface area contributed by atoms with Gasteiger partial charge in [0.1, 0.15) is 0 Å². The number of aryl methyl sites for hydroxylation is 1. The Morgan fingerprint density at radius 3 is 1.75 bits per heavy atom. The van der Waals surface area contributed by atoms with Crippen molar-refractivity contribution < 1.29 is 4.79 Å². The van der Waals surface area contributed by atoms with E-state index in [4.69, 9.17) is 0 Å². The Balaban J connectivity index is 2.18. The highest BCUT2D eigenvalue weighted by Gasteiger charge is 2.14. The maximum Gasteiger partial charge on any atom is 0.251 e. The van der Waals surface area contributed by atoms with Gasteiger partial charge in [0.05, 0.1) is 0 Å². The van der Waals surface area contributed by atoms with Crippen LogP contribution in [0.15, 0.2) is 48.5 Å². The van der Waals surface area contributed by atoms with Crippen molar-refractivity contribution in [3.8, 4) is 11.1 Å². The summed E-state index contributed by atoms with van der Waals surface area (Å²) in [5.74, 6) is -0.0343. The van der Waals surface area contributed by atoms with Crippen LogP contribution in [0.2, 0.25) is 0 Å². The van der Waals surface area contributed by atoms with Crippen LogP contribution in [0, 0.1) is 6.92 Å². The molecule has 2 aromatic rings. The molecule has 2 aromatic carbocycles. The zero-order valence-electron chi connectivity index (χ0n) is 12.5. The van der Waals surface area contributed by atoms with Crippen LogP contribution in [0.25, 0.3) is 11.1 Å². The number of nitrogens with one attached hydrogen (secondary N) is 1. The fourth-order valence-electron chi connectivity index (χ4n) is 1.97. The Labute approximate surface area is 120 Å². The topological polar surface area (TPSA) is 29.1 Å². The summed E-state index contributed by atoms with van der Waals surface area (Å²) in [6.07, 6.45) is 0. The normalized spacial score (nSPS) is 11.2. The van der Waals surface area contributed by atoms with Crippen LogP contribution in [0.4, 0.5) is 0 Å². The van der Waals surface area contributed by atoms with Crippen molar-refractivity contribution in [1.82, 2.24) is 5.32 Å². The highest BCUT2D eigenvalue weighted by Crippen LogP contribution is 2.20. The summed E-state index contributed by atoms with van der Waals surface area (Å²) in [6.45, 7) is 8.01. The molecule has 20 heavy (non-hydrogen) atoms. The van der Waals surface area contributed by atoms with Crippen molar-refractivity contribution in [2.45, 2.75) is 33.2 Å². The molecule has 0 spiro atoms. The third kappa shape index (κ3) is 3.70. The lowest BCUT2D eigenvalue weighted by molar-refractivity contribution is 0.0919. The van der Waals surface area contributed by atoms with Gasteiger partial charge >= 0.3 is 0 Å². The Morgan fingerprint density at radius 1 is 0.850 bits per heavy atom. The molecule has 2 nitrogen and oxygen atoms in total. The van der Waals surface area contributed by atoms with E-state index >= 15 is 0 Å². The molecule has 0 bridgehead atoms. The van der Waals surface area contributed by atoms with Gasteiger partial charge in [-0.2, -0.15) is 0 Å². The van der Waals surface area contributed by atoms with Gasteiger partial charge in [0.25, 0.3) is 5.91 Å². The van der Waals surface area contributed by atoms with Crippen LogP contribution in [0.1, 0.15) is 36.7 Å². The average molecular weight is 267 g/mol. The molecule has 2 rings (SSSR count). The first-order valence-electron chi connectivity index (χ1n) is 6.85. The van der Waals surface area contributed by atoms with Gasteiger partial charge in [-0.3, -0.25) is 4.79 Å². The Bertz CT molecular complexity index is 589. The molecule has 0 aliphatic carbocycles. The fourth-order valence-corrected chi connectivity index (χ4v) is 1.97. The molecule has 0 fully saturated rings. The molecule has 0 aliphatic rings. The van der Waals surface area contributed by atoms with Gasteiger partial charge in [-0.15, -0.1) is 0 Å². The van der Waals surface area contributed by atoms with E-state index in [1.54, 1.807) is 0 Å². The first-order chi connectivity index (χ1) is 9.35. The molecule has 0 unspecified atom stereocenters. The van der Waals surface area contributed by atoms with Crippen molar-refractivity contribution in [3.63, 3.8) is 0 Å². The van der Waals surface area contributed by atoms with E-state index in [2.05, 4.69) is 36.5 Å². The van der Waals surface area contributed by atoms with E-state index in [0.717, 1.165) is 5.56 Å². The Hall–Kier alpha value is -2.09. The van der Waals surface area contributed by atoms with Gasteiger partial charge in [0.2, 0.25) is 0 Å². The van der Waals surface area contributed by atoms with Crippen molar-refractivity contribution in [2.24, 2.45) is 0 Å². The minimum atomic E-state index is -0.216. The van der Waals surface area contributed by atoms with E-state index in [1.165, 1.54) is 11.1 Å². The summed E-state index contributed by atoms with van der Waals surface area (Å²) in [5.41, 5.74) is 4.01. The Kier molecular flexibility index (Phi) is 3.93. The second kappa shape index (κ2) is 5.49. The minimum absolute atomic E-state index is 0.0343. The fraction of sp³-hybridized carbons (Fsp3) is 0.278. The summed E-state index contributed by atoms with van der Waals surface area (Å²) < 4.78 is 0. The van der Waals surface area contributed by atoms with E-state index in [-0.39, 0.29) is 11.4 Å². The van der Waals surface area contributed by atoms with Crippen LogP contribution in [0.3, 0.4) is 0 Å². The van der Waals surface area contributed by atoms with Crippen molar-refractivity contribution >= 4 is 5.91 Å². The molecular weight excluding hydrogens is 246 g/mol. The second-order valence-electron chi connectivity index (χ2n) is 6.15. The average Bonchev–Trinajstić information content (AvgIpc) is 2.38. The number of amides is 1. The molecule has 1 amide bonds. The quantitative estimate of drug-likeness (QED) is 0.868. The van der Waals surface area contributed by atoms with Gasteiger partial charge in [-0.1, -0.05) is 42.0 Å².